The lowest BCUT2D eigenvalue weighted by Crippen LogP contribution is -2.29. The molecule has 0 saturated carbocycles. The van der Waals surface area contributed by atoms with Crippen molar-refractivity contribution in [2.75, 3.05) is 11.9 Å². The van der Waals surface area contributed by atoms with Crippen LogP contribution in [0.5, 0.6) is 0 Å². The molecule has 0 fully saturated rings. The Labute approximate surface area is 122 Å². The Morgan fingerprint density at radius 1 is 1.43 bits per heavy atom. The fourth-order valence-electron chi connectivity index (χ4n) is 2.53. The summed E-state index contributed by atoms with van der Waals surface area (Å²) in [5.41, 5.74) is 2.91. The summed E-state index contributed by atoms with van der Waals surface area (Å²) < 4.78 is 15.5. The van der Waals surface area contributed by atoms with Gasteiger partial charge in [-0.3, -0.25) is 10.1 Å². The van der Waals surface area contributed by atoms with Crippen molar-refractivity contribution < 1.29 is 9.18 Å². The molecule has 0 spiro atoms. The van der Waals surface area contributed by atoms with E-state index in [0.29, 0.717) is 11.5 Å². The Morgan fingerprint density at radius 2 is 2.24 bits per heavy atom. The third-order valence-electron chi connectivity index (χ3n) is 3.86. The maximum atomic E-state index is 13.5. The van der Waals surface area contributed by atoms with E-state index in [0.717, 1.165) is 36.5 Å². The van der Waals surface area contributed by atoms with Crippen LogP contribution in [0.25, 0.3) is 0 Å². The van der Waals surface area contributed by atoms with Gasteiger partial charge < -0.3 is 9.88 Å². The number of rotatable bonds is 2. The summed E-state index contributed by atoms with van der Waals surface area (Å²) in [6.45, 7) is 5.93. The molecule has 0 bridgehead atoms. The number of hydrogen-bond donors (Lipinski definition) is 2. The molecule has 1 amide bonds. The quantitative estimate of drug-likeness (QED) is 0.888. The molecule has 2 N–H and O–H groups in total. The summed E-state index contributed by atoms with van der Waals surface area (Å²) in [6.07, 6.45) is 1.74. The monoisotopic (exact) mass is 288 g/mol. The molecule has 0 unspecified atom stereocenters. The van der Waals surface area contributed by atoms with Crippen molar-refractivity contribution in [2.45, 2.75) is 26.9 Å². The molecule has 0 atom stereocenters. The second kappa shape index (κ2) is 5.29. The zero-order valence-electron chi connectivity index (χ0n) is 12.0. The van der Waals surface area contributed by atoms with Gasteiger partial charge in [-0.1, -0.05) is 0 Å². The molecule has 110 valence electrons. The second-order valence-corrected chi connectivity index (χ2v) is 5.25. The van der Waals surface area contributed by atoms with Crippen LogP contribution in [0.3, 0.4) is 0 Å². The molecule has 21 heavy (non-hydrogen) atoms. The minimum Gasteiger partial charge on any atom is -0.312 e. The van der Waals surface area contributed by atoms with E-state index in [1.807, 2.05) is 11.5 Å². The fourth-order valence-corrected chi connectivity index (χ4v) is 2.53. The lowest BCUT2D eigenvalue weighted by molar-refractivity contribution is 0.102. The molecule has 2 heterocycles. The maximum absolute atomic E-state index is 13.5. The molecule has 2 aromatic rings. The van der Waals surface area contributed by atoms with Crippen molar-refractivity contribution in [3.63, 3.8) is 0 Å². The average Bonchev–Trinajstić information content (AvgIpc) is 2.86. The maximum Gasteiger partial charge on any atom is 0.258 e. The summed E-state index contributed by atoms with van der Waals surface area (Å²) in [6, 6.07) is 2.69. The molecule has 0 saturated heterocycles. The van der Waals surface area contributed by atoms with Gasteiger partial charge in [0.25, 0.3) is 5.91 Å². The standard InChI is InChI=1S/C15H17FN4O/c1-9-5-11(16)6-13(10(9)2)14(21)19-15-18-8-12-7-17-3-4-20(12)15/h5-6,8,17H,3-4,7H2,1-2H3,(H,18,19,21). The average molecular weight is 288 g/mol. The highest BCUT2D eigenvalue weighted by molar-refractivity contribution is 6.04. The third kappa shape index (κ3) is 2.54. The third-order valence-corrected chi connectivity index (χ3v) is 3.86. The van der Waals surface area contributed by atoms with E-state index >= 15 is 0 Å². The second-order valence-electron chi connectivity index (χ2n) is 5.25. The van der Waals surface area contributed by atoms with E-state index < -0.39 is 5.82 Å². The number of anilines is 1. The molecular formula is C15H17FN4O. The van der Waals surface area contributed by atoms with Crippen LogP contribution in [0.15, 0.2) is 18.3 Å². The predicted molar refractivity (Wildman–Crippen MR) is 77.8 cm³/mol. The van der Waals surface area contributed by atoms with Crippen molar-refractivity contribution >= 4 is 11.9 Å². The molecule has 6 heteroatoms. The van der Waals surface area contributed by atoms with Gasteiger partial charge in [-0.2, -0.15) is 0 Å². The Bertz CT molecular complexity index is 708. The van der Waals surface area contributed by atoms with Gasteiger partial charge in [0.15, 0.2) is 0 Å². The van der Waals surface area contributed by atoms with Crippen LogP contribution < -0.4 is 10.6 Å². The molecular weight excluding hydrogens is 271 g/mol. The number of amides is 1. The number of aromatic nitrogens is 2. The van der Waals surface area contributed by atoms with E-state index in [1.54, 1.807) is 13.1 Å². The number of nitrogens with zero attached hydrogens (tertiary/aromatic N) is 2. The largest absolute Gasteiger partial charge is 0.312 e. The van der Waals surface area contributed by atoms with Gasteiger partial charge in [0.1, 0.15) is 5.82 Å². The Kier molecular flexibility index (Phi) is 3.47. The van der Waals surface area contributed by atoms with E-state index in [1.165, 1.54) is 12.1 Å². The summed E-state index contributed by atoms with van der Waals surface area (Å²) in [4.78, 5) is 16.6. The highest BCUT2D eigenvalue weighted by Gasteiger charge is 2.18. The van der Waals surface area contributed by atoms with Crippen molar-refractivity contribution in [2.24, 2.45) is 0 Å². The fraction of sp³-hybridized carbons (Fsp3) is 0.333. The molecule has 1 aromatic heterocycles. The normalized spacial score (nSPS) is 13.9. The summed E-state index contributed by atoms with van der Waals surface area (Å²) in [5.74, 6) is -0.225. The molecule has 3 rings (SSSR count). The van der Waals surface area contributed by atoms with Gasteiger partial charge in [0, 0.05) is 25.2 Å². The van der Waals surface area contributed by atoms with Crippen LogP contribution in [-0.2, 0) is 13.1 Å². The molecule has 0 aliphatic carbocycles. The minimum absolute atomic E-state index is 0.331. The van der Waals surface area contributed by atoms with Gasteiger partial charge in [0.2, 0.25) is 5.95 Å². The lowest BCUT2D eigenvalue weighted by Gasteiger charge is -2.18. The highest BCUT2D eigenvalue weighted by atomic mass is 19.1. The van der Waals surface area contributed by atoms with Crippen LogP contribution >= 0.6 is 0 Å². The van der Waals surface area contributed by atoms with Crippen molar-refractivity contribution in [3.8, 4) is 0 Å². The number of nitrogens with one attached hydrogen (secondary N) is 2. The highest BCUT2D eigenvalue weighted by Crippen LogP contribution is 2.18. The topological polar surface area (TPSA) is 59.0 Å². The van der Waals surface area contributed by atoms with Crippen molar-refractivity contribution in [1.29, 1.82) is 0 Å². The van der Waals surface area contributed by atoms with E-state index in [-0.39, 0.29) is 5.91 Å². The number of imidazole rings is 1. The van der Waals surface area contributed by atoms with Gasteiger partial charge >= 0.3 is 0 Å². The van der Waals surface area contributed by atoms with Crippen molar-refractivity contribution in [1.82, 2.24) is 14.9 Å². The number of carbonyl (C=O) groups excluding carboxylic acids is 1. The number of benzene rings is 1. The number of halogens is 1. The van der Waals surface area contributed by atoms with Gasteiger partial charge in [-0.25, -0.2) is 9.37 Å². The number of fused-ring (bicyclic) bond motifs is 1. The van der Waals surface area contributed by atoms with E-state index in [4.69, 9.17) is 0 Å². The van der Waals surface area contributed by atoms with Crippen LogP contribution in [0.2, 0.25) is 0 Å². The first-order valence-corrected chi connectivity index (χ1v) is 6.89. The zero-order valence-corrected chi connectivity index (χ0v) is 12.0. The summed E-state index contributed by atoms with van der Waals surface area (Å²) in [7, 11) is 0. The SMILES string of the molecule is Cc1cc(F)cc(C(=O)Nc2ncc3n2CCNC3)c1C. The minimum atomic E-state index is -0.405. The molecule has 1 aliphatic heterocycles. The molecule has 1 aromatic carbocycles. The van der Waals surface area contributed by atoms with Crippen LogP contribution in [0, 0.1) is 19.7 Å². The van der Waals surface area contributed by atoms with Gasteiger partial charge in [-0.15, -0.1) is 0 Å². The predicted octanol–water partition coefficient (Wildman–Crippen LogP) is 1.99. The van der Waals surface area contributed by atoms with Crippen LogP contribution in [-0.4, -0.2) is 22.0 Å². The summed E-state index contributed by atoms with van der Waals surface area (Å²) in [5, 5.41) is 6.02. The first kappa shape index (κ1) is 13.8. The smallest absolute Gasteiger partial charge is 0.258 e. The Balaban J connectivity index is 1.89. The molecule has 1 aliphatic rings. The zero-order chi connectivity index (χ0) is 15.0. The van der Waals surface area contributed by atoms with E-state index in [9.17, 15) is 9.18 Å². The van der Waals surface area contributed by atoms with Gasteiger partial charge in [-0.05, 0) is 37.1 Å². The van der Waals surface area contributed by atoms with Gasteiger partial charge in [0.05, 0.1) is 11.9 Å². The Morgan fingerprint density at radius 3 is 3.05 bits per heavy atom. The van der Waals surface area contributed by atoms with Crippen LogP contribution in [0.4, 0.5) is 10.3 Å². The number of hydrogen-bond acceptors (Lipinski definition) is 3. The molecule has 0 radical (unpaired) electrons. The first-order chi connectivity index (χ1) is 10.1. The lowest BCUT2D eigenvalue weighted by atomic mass is 10.0. The number of aryl methyl sites for hydroxylation is 1. The first-order valence-electron chi connectivity index (χ1n) is 6.89. The summed E-state index contributed by atoms with van der Waals surface area (Å²) >= 11 is 0. The number of carbonyl (C=O) groups is 1. The van der Waals surface area contributed by atoms with Crippen LogP contribution in [0.1, 0.15) is 27.2 Å². The molecule has 5 nitrogen and oxygen atoms in total. The van der Waals surface area contributed by atoms with Crippen molar-refractivity contribution in [3.05, 3.63) is 46.5 Å². The Hall–Kier alpha value is -2.21. The van der Waals surface area contributed by atoms with E-state index in [2.05, 4.69) is 15.6 Å².